The van der Waals surface area contributed by atoms with Crippen LogP contribution < -0.4 is 5.32 Å². The molecule has 0 aromatic heterocycles. The molecule has 1 aromatic rings. The smallest absolute Gasteiger partial charge is 0.268 e. The average molecular weight is 310 g/mol. The fourth-order valence-electron chi connectivity index (χ4n) is 3.30. The molecule has 1 aliphatic carbocycles. The monoisotopic (exact) mass is 310 g/mol. The van der Waals surface area contributed by atoms with E-state index in [0.717, 1.165) is 42.0 Å². The van der Waals surface area contributed by atoms with Gasteiger partial charge in [0.15, 0.2) is 5.16 Å². The van der Waals surface area contributed by atoms with Gasteiger partial charge < -0.3 is 5.32 Å². The number of benzene rings is 1. The largest absolute Gasteiger partial charge is 0.322 e. The van der Waals surface area contributed by atoms with Crippen molar-refractivity contribution in [1.82, 2.24) is 0 Å². The third-order valence-electron chi connectivity index (χ3n) is 5.31. The Kier molecular flexibility index (Phi) is 4.44. The van der Waals surface area contributed by atoms with Crippen molar-refractivity contribution in [2.75, 3.05) is 24.3 Å². The van der Waals surface area contributed by atoms with E-state index in [4.69, 9.17) is 0 Å². The maximum Gasteiger partial charge on any atom is 0.268 e. The van der Waals surface area contributed by atoms with E-state index < -0.39 is 7.26 Å². The first-order chi connectivity index (χ1) is 9.79. The lowest BCUT2D eigenvalue weighted by Gasteiger charge is -2.29. The number of hydrogen-bond acceptors (Lipinski definition) is 1. The van der Waals surface area contributed by atoms with Gasteiger partial charge in [0.25, 0.3) is 5.91 Å². The Morgan fingerprint density at radius 3 is 2.10 bits per heavy atom. The number of halogens is 1. The maximum atomic E-state index is 13.4. The molecule has 1 fully saturated rings. The molecule has 1 amide bonds. The Bertz CT molecular complexity index is 539. The van der Waals surface area contributed by atoms with Crippen molar-refractivity contribution >= 4 is 18.9 Å². The van der Waals surface area contributed by atoms with Gasteiger partial charge in [0.1, 0.15) is 5.82 Å². The zero-order valence-corrected chi connectivity index (χ0v) is 14.6. The van der Waals surface area contributed by atoms with E-state index in [1.807, 2.05) is 13.8 Å². The average Bonchev–Trinajstić information content (AvgIpc) is 3.23. The van der Waals surface area contributed by atoms with Crippen molar-refractivity contribution < 1.29 is 9.18 Å². The van der Waals surface area contributed by atoms with Crippen LogP contribution in [0.25, 0.3) is 0 Å². The minimum absolute atomic E-state index is 0.135. The lowest BCUT2D eigenvalue weighted by atomic mass is 10.1. The lowest BCUT2D eigenvalue weighted by molar-refractivity contribution is -0.116. The zero-order valence-electron chi connectivity index (χ0n) is 13.7. The van der Waals surface area contributed by atoms with Crippen LogP contribution in [0.3, 0.4) is 0 Å². The highest BCUT2D eigenvalue weighted by Gasteiger charge is 2.66. The Morgan fingerprint density at radius 2 is 1.71 bits per heavy atom. The van der Waals surface area contributed by atoms with E-state index >= 15 is 0 Å². The molecule has 0 saturated heterocycles. The van der Waals surface area contributed by atoms with Crippen LogP contribution in [0.5, 0.6) is 0 Å². The normalized spacial score (nSPS) is 16.7. The summed E-state index contributed by atoms with van der Waals surface area (Å²) in [6.45, 7) is 10.4. The third-order valence-corrected chi connectivity index (χ3v) is 10.8. The van der Waals surface area contributed by atoms with Gasteiger partial charge in [-0.1, -0.05) is 0 Å². The first-order valence-electron chi connectivity index (χ1n) is 7.72. The zero-order chi connectivity index (χ0) is 15.8. The second-order valence-electron chi connectivity index (χ2n) is 6.43. The number of amides is 1. The third kappa shape index (κ3) is 2.73. The van der Waals surface area contributed by atoms with Crippen molar-refractivity contribution in [3.8, 4) is 0 Å². The highest BCUT2D eigenvalue weighted by molar-refractivity contribution is 7.77. The number of carbonyl (C=O) groups excluding carboxylic acids is 1. The Morgan fingerprint density at radius 1 is 1.24 bits per heavy atom. The standard InChI is InChI=1S/C17H25FNOP/c1-6-21(5,7-2)17(8-9-17)16(20)19-15-12(3)10-14(18)11-13(15)4/h10-11H,6-9H2,1-5H3/p+1. The summed E-state index contributed by atoms with van der Waals surface area (Å²) in [7, 11) is -1.24. The molecule has 1 aromatic carbocycles. The predicted molar refractivity (Wildman–Crippen MR) is 90.4 cm³/mol. The van der Waals surface area contributed by atoms with Crippen LogP contribution >= 0.6 is 7.26 Å². The van der Waals surface area contributed by atoms with Crippen LogP contribution in [0.2, 0.25) is 0 Å². The number of aryl methyl sites for hydroxylation is 2. The predicted octanol–water partition coefficient (Wildman–Crippen LogP) is 4.60. The molecular weight excluding hydrogens is 284 g/mol. The quantitative estimate of drug-likeness (QED) is 0.791. The van der Waals surface area contributed by atoms with Crippen LogP contribution in [-0.2, 0) is 4.79 Å². The maximum absolute atomic E-state index is 13.4. The molecule has 1 aliphatic rings. The summed E-state index contributed by atoms with van der Waals surface area (Å²) in [4.78, 5) is 12.9. The lowest BCUT2D eigenvalue weighted by Crippen LogP contribution is -2.34. The van der Waals surface area contributed by atoms with Crippen molar-refractivity contribution in [2.45, 2.75) is 45.7 Å². The molecule has 0 heterocycles. The first-order valence-corrected chi connectivity index (χ1v) is 10.3. The Labute approximate surface area is 127 Å². The number of nitrogens with one attached hydrogen (secondary N) is 1. The second kappa shape index (κ2) is 5.68. The fraction of sp³-hybridized carbons (Fsp3) is 0.588. The van der Waals surface area contributed by atoms with Gasteiger partial charge in [-0.05, 0) is 51.0 Å². The van der Waals surface area contributed by atoms with E-state index in [9.17, 15) is 9.18 Å². The van der Waals surface area contributed by atoms with Gasteiger partial charge >= 0.3 is 0 Å². The molecule has 0 unspecified atom stereocenters. The van der Waals surface area contributed by atoms with Crippen LogP contribution in [0, 0.1) is 19.7 Å². The van der Waals surface area contributed by atoms with E-state index in [0.29, 0.717) is 0 Å². The number of carbonyl (C=O) groups is 1. The van der Waals surface area contributed by atoms with E-state index in [1.165, 1.54) is 12.1 Å². The van der Waals surface area contributed by atoms with Crippen molar-refractivity contribution in [3.05, 3.63) is 29.1 Å². The van der Waals surface area contributed by atoms with E-state index in [-0.39, 0.29) is 16.9 Å². The molecule has 0 radical (unpaired) electrons. The van der Waals surface area contributed by atoms with E-state index in [1.54, 1.807) is 0 Å². The van der Waals surface area contributed by atoms with Crippen LogP contribution in [0.15, 0.2) is 12.1 Å². The minimum Gasteiger partial charge on any atom is -0.322 e. The summed E-state index contributed by atoms with van der Waals surface area (Å²) in [6.07, 6.45) is 4.23. The minimum atomic E-state index is -1.24. The summed E-state index contributed by atoms with van der Waals surface area (Å²) in [5, 5.41) is 2.97. The molecule has 0 spiro atoms. The number of anilines is 1. The van der Waals surface area contributed by atoms with E-state index in [2.05, 4.69) is 25.8 Å². The summed E-state index contributed by atoms with van der Waals surface area (Å²) in [5.74, 6) is -0.0940. The fourth-order valence-corrected chi connectivity index (χ4v) is 6.69. The molecule has 1 N–H and O–H groups in total. The van der Waals surface area contributed by atoms with Gasteiger partial charge in [-0.3, -0.25) is 4.79 Å². The second-order valence-corrected chi connectivity index (χ2v) is 11.3. The molecule has 2 rings (SSSR count). The molecular formula is C17H26FNOP+. The summed E-state index contributed by atoms with van der Waals surface area (Å²) in [5.41, 5.74) is 2.38. The topological polar surface area (TPSA) is 29.1 Å². The Balaban J connectivity index is 2.27. The van der Waals surface area contributed by atoms with Crippen LogP contribution in [-0.4, -0.2) is 30.1 Å². The number of rotatable bonds is 5. The molecule has 116 valence electrons. The summed E-state index contributed by atoms with van der Waals surface area (Å²) in [6, 6.07) is 2.96. The van der Waals surface area contributed by atoms with Gasteiger partial charge in [0.05, 0.1) is 12.3 Å². The molecule has 21 heavy (non-hydrogen) atoms. The highest BCUT2D eigenvalue weighted by atomic mass is 31.2. The molecule has 4 heteroatoms. The first kappa shape index (κ1) is 16.4. The van der Waals surface area contributed by atoms with Crippen LogP contribution in [0.4, 0.5) is 10.1 Å². The highest BCUT2D eigenvalue weighted by Crippen LogP contribution is 2.75. The van der Waals surface area contributed by atoms with Crippen molar-refractivity contribution in [1.29, 1.82) is 0 Å². The van der Waals surface area contributed by atoms with Gasteiger partial charge in [0, 0.05) is 32.5 Å². The molecule has 0 aliphatic heterocycles. The molecule has 0 bridgehead atoms. The van der Waals surface area contributed by atoms with Gasteiger partial charge in [-0.25, -0.2) is 4.39 Å². The van der Waals surface area contributed by atoms with Gasteiger partial charge in [-0.2, -0.15) is 0 Å². The summed E-state index contributed by atoms with van der Waals surface area (Å²) < 4.78 is 13.4. The molecule has 2 nitrogen and oxygen atoms in total. The van der Waals surface area contributed by atoms with Crippen molar-refractivity contribution in [3.63, 3.8) is 0 Å². The van der Waals surface area contributed by atoms with Gasteiger partial charge in [-0.15, -0.1) is 0 Å². The van der Waals surface area contributed by atoms with Crippen molar-refractivity contribution in [2.24, 2.45) is 0 Å². The van der Waals surface area contributed by atoms with Gasteiger partial charge in [0.2, 0.25) is 0 Å². The molecule has 0 atom stereocenters. The number of hydrogen-bond donors (Lipinski definition) is 1. The molecule has 1 saturated carbocycles. The Hall–Kier alpha value is -0.950. The van der Waals surface area contributed by atoms with Crippen LogP contribution in [0.1, 0.15) is 37.8 Å². The SMILES string of the molecule is CC[P+](C)(CC)C1(C(=O)Nc2c(C)cc(F)cc2C)CC1. The summed E-state index contributed by atoms with van der Waals surface area (Å²) >= 11 is 0.